The van der Waals surface area contributed by atoms with Crippen LogP contribution in [0, 0.1) is 0 Å². The molecule has 0 aromatic carbocycles. The van der Waals surface area contributed by atoms with Crippen LogP contribution < -0.4 is 11.1 Å². The molecule has 6 heteroatoms. The number of methoxy groups -OCH3 is 1. The van der Waals surface area contributed by atoms with Gasteiger partial charge in [-0.05, 0) is 19.4 Å². The summed E-state index contributed by atoms with van der Waals surface area (Å²) < 4.78 is 10.1. The van der Waals surface area contributed by atoms with E-state index in [0.717, 1.165) is 6.42 Å². The number of nitrogens with one attached hydrogen (secondary N) is 1. The highest BCUT2D eigenvalue weighted by Gasteiger charge is 2.16. The maximum absolute atomic E-state index is 11.9. The van der Waals surface area contributed by atoms with Crippen LogP contribution >= 0.6 is 0 Å². The molecule has 1 atom stereocenters. The van der Waals surface area contributed by atoms with Crippen molar-refractivity contribution >= 4 is 17.5 Å². The number of rotatable bonds is 7. The fourth-order valence-electron chi connectivity index (χ4n) is 1.65. The van der Waals surface area contributed by atoms with Gasteiger partial charge in [-0.15, -0.1) is 0 Å². The maximum atomic E-state index is 11.9. The number of hydrogen-bond acceptors (Lipinski definition) is 6. The van der Waals surface area contributed by atoms with E-state index in [9.17, 15) is 4.79 Å². The lowest BCUT2D eigenvalue weighted by Crippen LogP contribution is -2.25. The number of carbonyl (C=O) groups excluding carboxylic acids is 1. The Morgan fingerprint density at radius 3 is 2.84 bits per heavy atom. The van der Waals surface area contributed by atoms with Crippen LogP contribution in [0.1, 0.15) is 30.6 Å². The van der Waals surface area contributed by atoms with Gasteiger partial charge in [0, 0.05) is 13.2 Å². The third-order valence-corrected chi connectivity index (χ3v) is 2.64. The predicted octanol–water partition coefficient (Wildman–Crippen LogP) is 1.68. The van der Waals surface area contributed by atoms with Crippen LogP contribution in [0.2, 0.25) is 0 Å². The third kappa shape index (κ3) is 4.40. The summed E-state index contributed by atoms with van der Waals surface area (Å²) in [6.45, 7) is 4.65. The number of pyridine rings is 1. The fraction of sp³-hybridized carbons (Fsp3) is 0.538. The molecule has 0 saturated heterocycles. The minimum atomic E-state index is -0.411. The molecule has 1 aromatic heterocycles. The van der Waals surface area contributed by atoms with E-state index in [4.69, 9.17) is 15.2 Å². The van der Waals surface area contributed by atoms with E-state index in [1.165, 1.54) is 6.07 Å². The van der Waals surface area contributed by atoms with E-state index in [0.29, 0.717) is 24.5 Å². The third-order valence-electron chi connectivity index (χ3n) is 2.64. The predicted molar refractivity (Wildman–Crippen MR) is 74.2 cm³/mol. The molecule has 106 valence electrons. The molecule has 0 aliphatic carbocycles. The van der Waals surface area contributed by atoms with Crippen molar-refractivity contribution in [3.05, 3.63) is 17.8 Å². The Balaban J connectivity index is 2.95. The molecular weight excluding hydrogens is 246 g/mol. The highest BCUT2D eigenvalue weighted by atomic mass is 16.5. The summed E-state index contributed by atoms with van der Waals surface area (Å²) in [4.78, 5) is 15.9. The summed E-state index contributed by atoms with van der Waals surface area (Å²) in [5, 5.41) is 3.22. The lowest BCUT2D eigenvalue weighted by Gasteiger charge is -2.19. The first-order chi connectivity index (χ1) is 9.12. The molecule has 1 unspecified atom stereocenters. The average molecular weight is 267 g/mol. The van der Waals surface area contributed by atoms with E-state index in [2.05, 4.69) is 10.3 Å². The zero-order valence-electron chi connectivity index (χ0n) is 11.6. The van der Waals surface area contributed by atoms with Gasteiger partial charge in [-0.1, -0.05) is 6.92 Å². The van der Waals surface area contributed by atoms with Gasteiger partial charge in [-0.2, -0.15) is 0 Å². The SMILES string of the molecule is CCOC(=O)c1cc(N)ncc1NC(CC)COC. The van der Waals surface area contributed by atoms with Gasteiger partial charge in [0.2, 0.25) is 0 Å². The standard InChI is InChI=1S/C13H21N3O3/c1-4-9(8-18-3)16-11-7-15-12(14)6-10(11)13(17)19-5-2/h6-7,9,16H,4-5,8H2,1-3H3,(H2,14,15). The van der Waals surface area contributed by atoms with Crippen LogP contribution in [-0.2, 0) is 9.47 Å². The topological polar surface area (TPSA) is 86.5 Å². The van der Waals surface area contributed by atoms with E-state index >= 15 is 0 Å². The Hall–Kier alpha value is -1.82. The average Bonchev–Trinajstić information content (AvgIpc) is 2.40. The molecule has 0 aliphatic heterocycles. The molecule has 19 heavy (non-hydrogen) atoms. The molecule has 1 rings (SSSR count). The van der Waals surface area contributed by atoms with Gasteiger partial charge in [0.15, 0.2) is 0 Å². The van der Waals surface area contributed by atoms with Crippen molar-refractivity contribution in [1.82, 2.24) is 4.98 Å². The van der Waals surface area contributed by atoms with Gasteiger partial charge in [0.1, 0.15) is 5.82 Å². The van der Waals surface area contributed by atoms with Gasteiger partial charge < -0.3 is 20.5 Å². The minimum absolute atomic E-state index is 0.101. The largest absolute Gasteiger partial charge is 0.462 e. The highest BCUT2D eigenvalue weighted by Crippen LogP contribution is 2.19. The molecule has 0 aliphatic rings. The summed E-state index contributed by atoms with van der Waals surface area (Å²) in [5.74, 6) is -0.125. The van der Waals surface area contributed by atoms with Crippen molar-refractivity contribution in [2.45, 2.75) is 26.3 Å². The Bertz CT molecular complexity index is 424. The molecule has 6 nitrogen and oxygen atoms in total. The number of ether oxygens (including phenoxy) is 2. The second-order valence-electron chi connectivity index (χ2n) is 4.08. The van der Waals surface area contributed by atoms with Crippen molar-refractivity contribution in [1.29, 1.82) is 0 Å². The number of esters is 1. The lowest BCUT2D eigenvalue weighted by atomic mass is 10.1. The normalized spacial score (nSPS) is 11.9. The first-order valence-corrected chi connectivity index (χ1v) is 6.30. The summed E-state index contributed by atoms with van der Waals surface area (Å²) in [6.07, 6.45) is 2.40. The maximum Gasteiger partial charge on any atom is 0.340 e. The smallest absolute Gasteiger partial charge is 0.340 e. The fourth-order valence-corrected chi connectivity index (χ4v) is 1.65. The zero-order valence-corrected chi connectivity index (χ0v) is 11.6. The number of hydrogen-bond donors (Lipinski definition) is 2. The van der Waals surface area contributed by atoms with Gasteiger partial charge >= 0.3 is 5.97 Å². The molecule has 3 N–H and O–H groups in total. The number of nitrogen functional groups attached to an aromatic ring is 1. The molecule has 1 heterocycles. The zero-order chi connectivity index (χ0) is 14.3. The molecule has 0 fully saturated rings. The molecule has 0 spiro atoms. The monoisotopic (exact) mass is 267 g/mol. The molecule has 0 radical (unpaired) electrons. The van der Waals surface area contributed by atoms with Crippen molar-refractivity contribution in [3.63, 3.8) is 0 Å². The van der Waals surface area contributed by atoms with Gasteiger partial charge in [-0.3, -0.25) is 0 Å². The summed E-state index contributed by atoms with van der Waals surface area (Å²) >= 11 is 0. The van der Waals surface area contributed by atoms with Crippen LogP contribution in [-0.4, -0.2) is 37.3 Å². The van der Waals surface area contributed by atoms with E-state index in [-0.39, 0.29) is 11.9 Å². The quantitative estimate of drug-likeness (QED) is 0.731. The second-order valence-corrected chi connectivity index (χ2v) is 4.08. The van der Waals surface area contributed by atoms with Crippen LogP contribution in [0.4, 0.5) is 11.5 Å². The molecule has 0 amide bonds. The summed E-state index contributed by atoms with van der Waals surface area (Å²) in [7, 11) is 1.64. The molecule has 1 aromatic rings. The van der Waals surface area contributed by atoms with Crippen molar-refractivity contribution in [2.24, 2.45) is 0 Å². The van der Waals surface area contributed by atoms with E-state index < -0.39 is 5.97 Å². The number of nitrogens with zero attached hydrogens (tertiary/aromatic N) is 1. The minimum Gasteiger partial charge on any atom is -0.462 e. The van der Waals surface area contributed by atoms with Gasteiger partial charge in [-0.25, -0.2) is 9.78 Å². The first kappa shape index (κ1) is 15.2. The Morgan fingerprint density at radius 1 is 1.53 bits per heavy atom. The molecule has 0 bridgehead atoms. The van der Waals surface area contributed by atoms with Crippen molar-refractivity contribution in [3.8, 4) is 0 Å². The van der Waals surface area contributed by atoms with E-state index in [1.807, 2.05) is 6.92 Å². The number of aromatic nitrogens is 1. The van der Waals surface area contributed by atoms with Gasteiger partial charge in [0.05, 0.1) is 30.7 Å². The lowest BCUT2D eigenvalue weighted by molar-refractivity contribution is 0.0527. The van der Waals surface area contributed by atoms with Gasteiger partial charge in [0.25, 0.3) is 0 Å². The number of carbonyl (C=O) groups is 1. The van der Waals surface area contributed by atoms with Crippen molar-refractivity contribution < 1.29 is 14.3 Å². The van der Waals surface area contributed by atoms with Crippen LogP contribution in [0.5, 0.6) is 0 Å². The Kier molecular flexibility index (Phi) is 6.08. The molecular formula is C13H21N3O3. The summed E-state index contributed by atoms with van der Waals surface area (Å²) in [6, 6.07) is 1.61. The molecule has 0 saturated carbocycles. The Morgan fingerprint density at radius 2 is 2.26 bits per heavy atom. The van der Waals surface area contributed by atoms with Crippen LogP contribution in [0.25, 0.3) is 0 Å². The number of anilines is 2. The van der Waals surface area contributed by atoms with Crippen LogP contribution in [0.3, 0.4) is 0 Å². The first-order valence-electron chi connectivity index (χ1n) is 6.30. The van der Waals surface area contributed by atoms with Crippen LogP contribution in [0.15, 0.2) is 12.3 Å². The number of nitrogens with two attached hydrogens (primary N) is 1. The van der Waals surface area contributed by atoms with Crippen molar-refractivity contribution in [2.75, 3.05) is 31.4 Å². The Labute approximate surface area is 113 Å². The second kappa shape index (κ2) is 7.58. The highest BCUT2D eigenvalue weighted by molar-refractivity contribution is 5.96. The van der Waals surface area contributed by atoms with E-state index in [1.54, 1.807) is 20.2 Å². The summed E-state index contributed by atoms with van der Waals surface area (Å²) in [5.41, 5.74) is 6.61.